The van der Waals surface area contributed by atoms with Crippen LogP contribution in [0.2, 0.25) is 0 Å². The molecule has 0 radical (unpaired) electrons. The minimum absolute atomic E-state index is 0.494. The van der Waals surface area contributed by atoms with E-state index in [1.165, 1.54) is 22.3 Å². The van der Waals surface area contributed by atoms with Crippen molar-refractivity contribution in [3.63, 3.8) is 0 Å². The molecule has 2 N–H and O–H groups in total. The monoisotopic (exact) mass is 438 g/mol. The average Bonchev–Trinajstić information content (AvgIpc) is 3.20. The van der Waals surface area contributed by atoms with E-state index < -0.39 is 12.5 Å². The fourth-order valence-corrected chi connectivity index (χ4v) is 5.48. The molecule has 5 aromatic rings. The van der Waals surface area contributed by atoms with E-state index in [1.54, 1.807) is 0 Å². The van der Waals surface area contributed by atoms with E-state index in [2.05, 4.69) is 97.1 Å². The van der Waals surface area contributed by atoms with Gasteiger partial charge in [0, 0.05) is 0 Å². The van der Waals surface area contributed by atoms with Gasteiger partial charge in [0.05, 0.1) is 5.41 Å². The zero-order chi connectivity index (χ0) is 23.1. The van der Waals surface area contributed by atoms with Crippen LogP contribution in [-0.2, 0) is 5.41 Å². The second-order valence-corrected chi connectivity index (χ2v) is 8.79. The molecule has 0 amide bonds. The standard InChI is InChI=1S/C31H23BO2/c33-32(34)26-17-19-29-28(21-26)27-18-16-23(22-10-4-1-5-11-22)20-30(27)31(29,24-12-6-2-7-13-24)25-14-8-3-9-15-25/h1-21,33-34H. The molecule has 1 aliphatic carbocycles. The van der Waals surface area contributed by atoms with Crippen LogP contribution in [-0.4, -0.2) is 17.2 Å². The van der Waals surface area contributed by atoms with E-state index in [-0.39, 0.29) is 0 Å². The normalized spacial score (nSPS) is 13.2. The van der Waals surface area contributed by atoms with Crippen molar-refractivity contribution in [1.82, 2.24) is 0 Å². The van der Waals surface area contributed by atoms with Crippen LogP contribution in [0.15, 0.2) is 127 Å². The van der Waals surface area contributed by atoms with E-state index in [9.17, 15) is 10.0 Å². The van der Waals surface area contributed by atoms with Gasteiger partial charge in [0.1, 0.15) is 0 Å². The van der Waals surface area contributed by atoms with Crippen LogP contribution in [0.25, 0.3) is 22.3 Å². The first-order valence-corrected chi connectivity index (χ1v) is 11.5. The van der Waals surface area contributed by atoms with Crippen molar-refractivity contribution < 1.29 is 10.0 Å². The third kappa shape index (κ3) is 3.06. The molecule has 0 fully saturated rings. The first kappa shape index (κ1) is 20.7. The van der Waals surface area contributed by atoms with Crippen molar-refractivity contribution in [2.45, 2.75) is 5.41 Å². The summed E-state index contributed by atoms with van der Waals surface area (Å²) in [5, 5.41) is 19.8. The van der Waals surface area contributed by atoms with Crippen molar-refractivity contribution in [3.8, 4) is 22.3 Å². The van der Waals surface area contributed by atoms with Gasteiger partial charge in [-0.15, -0.1) is 0 Å². The first-order chi connectivity index (χ1) is 16.7. The summed E-state index contributed by atoms with van der Waals surface area (Å²) in [6.45, 7) is 0. The molecular weight excluding hydrogens is 415 g/mol. The van der Waals surface area contributed by atoms with Crippen LogP contribution >= 0.6 is 0 Å². The summed E-state index contributed by atoms with van der Waals surface area (Å²) in [6.07, 6.45) is 0. The average molecular weight is 438 g/mol. The topological polar surface area (TPSA) is 40.5 Å². The van der Waals surface area contributed by atoms with E-state index in [0.29, 0.717) is 5.46 Å². The molecule has 0 heterocycles. The quantitative estimate of drug-likeness (QED) is 0.362. The molecule has 162 valence electrons. The zero-order valence-electron chi connectivity index (χ0n) is 18.6. The zero-order valence-corrected chi connectivity index (χ0v) is 18.6. The Balaban J connectivity index is 1.74. The third-order valence-electron chi connectivity index (χ3n) is 6.98. The van der Waals surface area contributed by atoms with Crippen LogP contribution in [0.4, 0.5) is 0 Å². The van der Waals surface area contributed by atoms with Gasteiger partial charge in [-0.3, -0.25) is 0 Å². The van der Waals surface area contributed by atoms with Gasteiger partial charge in [-0.05, 0) is 56.0 Å². The highest BCUT2D eigenvalue weighted by Crippen LogP contribution is 2.56. The number of hydrogen-bond acceptors (Lipinski definition) is 2. The molecule has 0 unspecified atom stereocenters. The van der Waals surface area contributed by atoms with E-state index in [4.69, 9.17) is 0 Å². The lowest BCUT2D eigenvalue weighted by Crippen LogP contribution is -2.31. The lowest BCUT2D eigenvalue weighted by atomic mass is 9.67. The maximum absolute atomic E-state index is 9.92. The maximum atomic E-state index is 9.92. The molecule has 2 nitrogen and oxygen atoms in total. The molecule has 1 aliphatic rings. The van der Waals surface area contributed by atoms with E-state index in [0.717, 1.165) is 22.3 Å². The fourth-order valence-electron chi connectivity index (χ4n) is 5.48. The van der Waals surface area contributed by atoms with Gasteiger partial charge < -0.3 is 10.0 Å². The lowest BCUT2D eigenvalue weighted by molar-refractivity contribution is 0.426. The van der Waals surface area contributed by atoms with Gasteiger partial charge in [-0.2, -0.15) is 0 Å². The molecule has 0 bridgehead atoms. The molecule has 0 aromatic heterocycles. The smallest absolute Gasteiger partial charge is 0.423 e. The van der Waals surface area contributed by atoms with Crippen LogP contribution in [0.1, 0.15) is 22.3 Å². The third-order valence-corrected chi connectivity index (χ3v) is 6.98. The van der Waals surface area contributed by atoms with Crippen molar-refractivity contribution in [2.24, 2.45) is 0 Å². The van der Waals surface area contributed by atoms with Gasteiger partial charge >= 0.3 is 7.12 Å². The number of rotatable bonds is 4. The second-order valence-electron chi connectivity index (χ2n) is 8.79. The Hall–Kier alpha value is -3.92. The van der Waals surface area contributed by atoms with Crippen LogP contribution in [0.5, 0.6) is 0 Å². The van der Waals surface area contributed by atoms with Gasteiger partial charge in [-0.1, -0.05) is 121 Å². The highest BCUT2D eigenvalue weighted by atomic mass is 16.4. The van der Waals surface area contributed by atoms with Gasteiger partial charge in [0.15, 0.2) is 0 Å². The summed E-state index contributed by atoms with van der Waals surface area (Å²) >= 11 is 0. The van der Waals surface area contributed by atoms with Crippen molar-refractivity contribution in [3.05, 3.63) is 150 Å². The summed E-state index contributed by atoms with van der Waals surface area (Å²) in [7, 11) is -1.51. The minimum atomic E-state index is -1.51. The predicted molar refractivity (Wildman–Crippen MR) is 139 cm³/mol. The number of hydrogen-bond donors (Lipinski definition) is 2. The Bertz CT molecular complexity index is 1420. The fraction of sp³-hybridized carbons (Fsp3) is 0.0323. The molecule has 34 heavy (non-hydrogen) atoms. The summed E-state index contributed by atoms with van der Waals surface area (Å²) in [6, 6.07) is 44.1. The van der Waals surface area contributed by atoms with Gasteiger partial charge in [0.25, 0.3) is 0 Å². The Labute approximate surface area is 199 Å². The van der Waals surface area contributed by atoms with Crippen LogP contribution in [0.3, 0.4) is 0 Å². The first-order valence-electron chi connectivity index (χ1n) is 11.5. The Morgan fingerprint density at radius 2 is 1.06 bits per heavy atom. The van der Waals surface area contributed by atoms with Gasteiger partial charge in [0.2, 0.25) is 0 Å². The molecule has 3 heteroatoms. The highest BCUT2D eigenvalue weighted by molar-refractivity contribution is 6.58. The second kappa shape index (κ2) is 8.14. The molecule has 6 rings (SSSR count). The summed E-state index contributed by atoms with van der Waals surface area (Å²) in [4.78, 5) is 0. The lowest BCUT2D eigenvalue weighted by Gasteiger charge is -2.34. The molecule has 0 aliphatic heterocycles. The maximum Gasteiger partial charge on any atom is 0.488 e. The van der Waals surface area contributed by atoms with Crippen LogP contribution in [0, 0.1) is 0 Å². The van der Waals surface area contributed by atoms with E-state index >= 15 is 0 Å². The largest absolute Gasteiger partial charge is 0.488 e. The van der Waals surface area contributed by atoms with Crippen molar-refractivity contribution >= 4 is 12.6 Å². The molecule has 0 saturated heterocycles. The number of benzene rings is 5. The Morgan fingerprint density at radius 3 is 1.65 bits per heavy atom. The molecule has 0 spiro atoms. The van der Waals surface area contributed by atoms with Crippen molar-refractivity contribution in [1.29, 1.82) is 0 Å². The summed E-state index contributed by atoms with van der Waals surface area (Å²) in [5.41, 5.74) is 9.17. The van der Waals surface area contributed by atoms with E-state index in [1.807, 2.05) is 30.3 Å². The minimum Gasteiger partial charge on any atom is -0.423 e. The molecule has 5 aromatic carbocycles. The SMILES string of the molecule is OB(O)c1ccc2c(c1)-c1ccc(-c3ccccc3)cc1C2(c1ccccc1)c1ccccc1. The van der Waals surface area contributed by atoms with Gasteiger partial charge in [-0.25, -0.2) is 0 Å². The Morgan fingerprint density at radius 1 is 0.471 bits per heavy atom. The summed E-state index contributed by atoms with van der Waals surface area (Å²) in [5.74, 6) is 0. The number of fused-ring (bicyclic) bond motifs is 3. The predicted octanol–water partition coefficient (Wildman–Crippen LogP) is 5.40. The van der Waals surface area contributed by atoms with Crippen LogP contribution < -0.4 is 5.46 Å². The molecule has 0 atom stereocenters. The van der Waals surface area contributed by atoms with Crippen molar-refractivity contribution in [2.75, 3.05) is 0 Å². The summed E-state index contributed by atoms with van der Waals surface area (Å²) < 4.78 is 0. The highest BCUT2D eigenvalue weighted by Gasteiger charge is 2.46. The molecular formula is C31H23BO2. The molecule has 0 saturated carbocycles. The Kier molecular flexibility index (Phi) is 4.95.